The summed E-state index contributed by atoms with van der Waals surface area (Å²) < 4.78 is 42.2. The Balaban J connectivity index is 1.50. The van der Waals surface area contributed by atoms with E-state index in [9.17, 15) is 9.59 Å². The van der Waals surface area contributed by atoms with Crippen LogP contribution in [-0.2, 0) is 19.1 Å². The fourth-order valence-electron chi connectivity index (χ4n) is 9.31. The summed E-state index contributed by atoms with van der Waals surface area (Å²) in [5, 5.41) is 0. The SMILES string of the molecule is COC(=O)CCC[C@@H](C)[C@H]1CC[C@H]2[C@H]3[C@H](CC[C@]12C)[C@@]1(C)CC[C@H](OC(C)=O)CC1CC3(F)F. The first-order chi connectivity index (χ1) is 15.9. The second-order valence-electron chi connectivity index (χ2n) is 12.6. The Morgan fingerprint density at radius 1 is 1.03 bits per heavy atom. The van der Waals surface area contributed by atoms with Crippen molar-refractivity contribution >= 4 is 11.9 Å². The number of carbonyl (C=O) groups is 2. The Kier molecular flexibility index (Phi) is 7.12. The van der Waals surface area contributed by atoms with E-state index in [0.717, 1.165) is 51.4 Å². The van der Waals surface area contributed by atoms with E-state index >= 15 is 8.78 Å². The van der Waals surface area contributed by atoms with Gasteiger partial charge in [-0.05, 0) is 98.2 Å². The van der Waals surface area contributed by atoms with Crippen LogP contribution in [0.4, 0.5) is 8.78 Å². The molecule has 0 aromatic rings. The van der Waals surface area contributed by atoms with Gasteiger partial charge in [-0.2, -0.15) is 0 Å². The van der Waals surface area contributed by atoms with Crippen LogP contribution in [0.3, 0.4) is 0 Å². The fraction of sp³-hybridized carbons (Fsp3) is 0.929. The topological polar surface area (TPSA) is 52.6 Å². The minimum atomic E-state index is -2.66. The van der Waals surface area contributed by atoms with Crippen LogP contribution in [0.5, 0.6) is 0 Å². The van der Waals surface area contributed by atoms with Gasteiger partial charge in [0.2, 0.25) is 0 Å². The highest BCUT2D eigenvalue weighted by Crippen LogP contribution is 2.71. The van der Waals surface area contributed by atoms with Gasteiger partial charge in [-0.25, -0.2) is 8.78 Å². The van der Waals surface area contributed by atoms with Crippen LogP contribution in [0, 0.1) is 46.3 Å². The molecule has 4 saturated carbocycles. The Hall–Kier alpha value is -1.20. The number of hydrogen-bond acceptors (Lipinski definition) is 4. The van der Waals surface area contributed by atoms with Crippen molar-refractivity contribution in [2.24, 2.45) is 46.3 Å². The molecule has 9 atom stereocenters. The summed E-state index contributed by atoms with van der Waals surface area (Å²) in [4.78, 5) is 23.0. The maximum Gasteiger partial charge on any atom is 0.305 e. The lowest BCUT2D eigenvalue weighted by Crippen LogP contribution is -2.61. The van der Waals surface area contributed by atoms with Gasteiger partial charge in [0.1, 0.15) is 6.10 Å². The van der Waals surface area contributed by atoms with Crippen molar-refractivity contribution in [3.05, 3.63) is 0 Å². The normalized spacial score (nSPS) is 43.7. The second-order valence-corrected chi connectivity index (χ2v) is 12.6. The van der Waals surface area contributed by atoms with Crippen molar-refractivity contribution in [2.75, 3.05) is 7.11 Å². The van der Waals surface area contributed by atoms with Crippen LogP contribution in [0.1, 0.15) is 98.3 Å². The van der Waals surface area contributed by atoms with Gasteiger partial charge >= 0.3 is 11.9 Å². The smallest absolute Gasteiger partial charge is 0.305 e. The molecule has 6 heteroatoms. The average molecular weight is 483 g/mol. The standard InChI is InChI=1S/C28H44F2O4/c1-17(7-6-8-24(32)33-5)21-9-10-22-25-23(12-14-27(21,22)4)26(3)13-11-20(34-18(2)31)15-19(26)16-28(25,29)30/h17,19-23,25H,6-16H2,1-5H3/t17-,19?,20+,21-,22+,23+,25+,26+,27-/m1/s1. The van der Waals surface area contributed by atoms with Gasteiger partial charge in [0, 0.05) is 25.7 Å². The zero-order valence-corrected chi connectivity index (χ0v) is 21.7. The molecule has 0 saturated heterocycles. The predicted molar refractivity (Wildman–Crippen MR) is 126 cm³/mol. The molecule has 0 radical (unpaired) electrons. The number of halogens is 2. The second kappa shape index (κ2) is 9.35. The minimum absolute atomic E-state index is 0.0472. The van der Waals surface area contributed by atoms with E-state index in [2.05, 4.69) is 20.8 Å². The number of fused-ring (bicyclic) bond motifs is 5. The molecular weight excluding hydrogens is 438 g/mol. The summed E-state index contributed by atoms with van der Waals surface area (Å²) >= 11 is 0. The van der Waals surface area contributed by atoms with Crippen LogP contribution in [0.2, 0.25) is 0 Å². The van der Waals surface area contributed by atoms with Gasteiger partial charge in [0.05, 0.1) is 7.11 Å². The van der Waals surface area contributed by atoms with E-state index in [4.69, 9.17) is 9.47 Å². The number of alkyl halides is 2. The molecule has 4 fully saturated rings. The number of esters is 2. The first kappa shape index (κ1) is 25.9. The van der Waals surface area contributed by atoms with Crippen molar-refractivity contribution in [3.63, 3.8) is 0 Å². The lowest BCUT2D eigenvalue weighted by molar-refractivity contribution is -0.239. The molecule has 0 heterocycles. The molecule has 0 amide bonds. The van der Waals surface area contributed by atoms with E-state index in [1.165, 1.54) is 14.0 Å². The largest absolute Gasteiger partial charge is 0.469 e. The molecule has 4 aliphatic rings. The zero-order valence-electron chi connectivity index (χ0n) is 21.7. The van der Waals surface area contributed by atoms with Crippen molar-refractivity contribution < 1.29 is 27.8 Å². The average Bonchev–Trinajstić information content (AvgIpc) is 3.11. The van der Waals surface area contributed by atoms with Crippen molar-refractivity contribution in [3.8, 4) is 0 Å². The van der Waals surface area contributed by atoms with Crippen LogP contribution >= 0.6 is 0 Å². The Labute approximate surface area is 203 Å². The van der Waals surface area contributed by atoms with Gasteiger partial charge in [0.15, 0.2) is 0 Å². The summed E-state index contributed by atoms with van der Waals surface area (Å²) in [5.74, 6) is -2.78. The molecule has 0 aromatic heterocycles. The fourth-order valence-corrected chi connectivity index (χ4v) is 9.31. The van der Waals surface area contributed by atoms with Gasteiger partial charge in [0.25, 0.3) is 5.92 Å². The van der Waals surface area contributed by atoms with Gasteiger partial charge < -0.3 is 9.47 Å². The summed E-state index contributed by atoms with van der Waals surface area (Å²) in [6.45, 7) is 8.23. The quantitative estimate of drug-likeness (QED) is 0.391. The maximum absolute atomic E-state index is 16.0. The Morgan fingerprint density at radius 3 is 2.38 bits per heavy atom. The highest BCUT2D eigenvalue weighted by Gasteiger charge is 2.68. The molecule has 0 N–H and O–H groups in total. The lowest BCUT2D eigenvalue weighted by atomic mass is 9.43. The molecule has 0 aromatic carbocycles. The van der Waals surface area contributed by atoms with Crippen molar-refractivity contribution in [2.45, 2.75) is 110 Å². The molecule has 0 bridgehead atoms. The van der Waals surface area contributed by atoms with Crippen LogP contribution in [0.15, 0.2) is 0 Å². The molecule has 1 unspecified atom stereocenters. The van der Waals surface area contributed by atoms with Gasteiger partial charge in [-0.3, -0.25) is 9.59 Å². The molecule has 34 heavy (non-hydrogen) atoms. The summed E-state index contributed by atoms with van der Waals surface area (Å²) in [5.41, 5.74) is -0.137. The van der Waals surface area contributed by atoms with E-state index in [1.807, 2.05) is 0 Å². The molecule has 4 rings (SSSR count). The first-order valence-corrected chi connectivity index (χ1v) is 13.5. The number of methoxy groups -OCH3 is 1. The molecular formula is C28H44F2O4. The Bertz CT molecular complexity index is 784. The Morgan fingerprint density at radius 2 is 1.71 bits per heavy atom. The van der Waals surface area contributed by atoms with Crippen LogP contribution in [0.25, 0.3) is 0 Å². The minimum Gasteiger partial charge on any atom is -0.469 e. The van der Waals surface area contributed by atoms with E-state index in [1.54, 1.807) is 0 Å². The molecule has 4 aliphatic carbocycles. The van der Waals surface area contributed by atoms with E-state index < -0.39 is 11.8 Å². The third-order valence-electron chi connectivity index (χ3n) is 11.0. The summed E-state index contributed by atoms with van der Waals surface area (Å²) in [6.07, 6.45) is 7.99. The molecule has 4 nitrogen and oxygen atoms in total. The zero-order chi connectivity index (χ0) is 24.9. The third-order valence-corrected chi connectivity index (χ3v) is 11.0. The highest BCUT2D eigenvalue weighted by molar-refractivity contribution is 5.69. The predicted octanol–water partition coefficient (Wildman–Crippen LogP) is 6.80. The number of rotatable bonds is 6. The van der Waals surface area contributed by atoms with Crippen LogP contribution < -0.4 is 0 Å². The summed E-state index contributed by atoms with van der Waals surface area (Å²) in [6, 6.07) is 0. The summed E-state index contributed by atoms with van der Waals surface area (Å²) in [7, 11) is 1.42. The lowest BCUT2D eigenvalue weighted by Gasteiger charge is -2.63. The molecule has 0 spiro atoms. The molecule has 194 valence electrons. The van der Waals surface area contributed by atoms with Gasteiger partial charge in [-0.1, -0.05) is 20.8 Å². The number of ether oxygens (including phenoxy) is 2. The monoisotopic (exact) mass is 482 g/mol. The van der Waals surface area contributed by atoms with Crippen molar-refractivity contribution in [1.82, 2.24) is 0 Å². The third kappa shape index (κ3) is 4.40. The first-order valence-electron chi connectivity index (χ1n) is 13.5. The van der Waals surface area contributed by atoms with Crippen molar-refractivity contribution in [1.29, 1.82) is 0 Å². The maximum atomic E-state index is 16.0. The van der Waals surface area contributed by atoms with E-state index in [-0.39, 0.29) is 53.0 Å². The van der Waals surface area contributed by atoms with Crippen LogP contribution in [-0.4, -0.2) is 31.1 Å². The molecule has 0 aliphatic heterocycles. The highest BCUT2D eigenvalue weighted by atomic mass is 19.3. The van der Waals surface area contributed by atoms with E-state index in [0.29, 0.717) is 24.7 Å². The van der Waals surface area contributed by atoms with Gasteiger partial charge in [-0.15, -0.1) is 0 Å². The number of carbonyl (C=O) groups excluding carboxylic acids is 2. The number of hydrogen-bond donors (Lipinski definition) is 0.